The molecule has 9 rings (SSSR count). The van der Waals surface area contributed by atoms with Crippen molar-refractivity contribution >= 4 is 52.1 Å². The van der Waals surface area contributed by atoms with Crippen LogP contribution in [0.1, 0.15) is 91.8 Å². The second-order valence-corrected chi connectivity index (χ2v) is 17.1. The summed E-state index contributed by atoms with van der Waals surface area (Å²) in [5, 5.41) is 20.4. The van der Waals surface area contributed by atoms with Gasteiger partial charge in [-0.15, -0.1) is 0 Å². The van der Waals surface area contributed by atoms with Crippen LogP contribution >= 0.6 is 0 Å². The van der Waals surface area contributed by atoms with Crippen LogP contribution in [0.5, 0.6) is 0 Å². The van der Waals surface area contributed by atoms with Gasteiger partial charge in [-0.25, -0.2) is 19.6 Å². The zero-order valence-electron chi connectivity index (χ0n) is 36.0. The normalized spacial score (nSPS) is 17.4. The number of pyridine rings is 2. The summed E-state index contributed by atoms with van der Waals surface area (Å²) >= 11 is 0. The van der Waals surface area contributed by atoms with Crippen LogP contribution in [0.25, 0.3) is 33.4 Å². The number of ether oxygens (including phenoxy) is 2. The molecule has 0 saturated carbocycles. The van der Waals surface area contributed by atoms with E-state index in [1.807, 2.05) is 36.4 Å². The average molecular weight is 865 g/mol. The van der Waals surface area contributed by atoms with Crippen LogP contribution in [0.3, 0.4) is 0 Å². The first kappa shape index (κ1) is 42.3. The van der Waals surface area contributed by atoms with Crippen LogP contribution in [0, 0.1) is 5.92 Å². The molecule has 0 saturated heterocycles. The third-order valence-corrected chi connectivity index (χ3v) is 13.0. The largest absolute Gasteiger partial charge is 0.458 e. The van der Waals surface area contributed by atoms with Crippen molar-refractivity contribution in [2.75, 3.05) is 18.5 Å². The highest BCUT2D eigenvalue weighted by atomic mass is 16.6. The van der Waals surface area contributed by atoms with Gasteiger partial charge in [-0.3, -0.25) is 19.2 Å². The van der Waals surface area contributed by atoms with Gasteiger partial charge < -0.3 is 35.1 Å². The highest BCUT2D eigenvalue weighted by Gasteiger charge is 2.45. The van der Waals surface area contributed by atoms with E-state index in [9.17, 15) is 33.9 Å². The highest BCUT2D eigenvalue weighted by molar-refractivity contribution is 6.43. The number of carbonyl (C=O) groups excluding carboxylic acids is 5. The van der Waals surface area contributed by atoms with Gasteiger partial charge in [0.2, 0.25) is 5.91 Å². The maximum absolute atomic E-state index is 13.8. The summed E-state index contributed by atoms with van der Waals surface area (Å²) < 4.78 is 12.4. The zero-order chi connectivity index (χ0) is 45.0. The Balaban J connectivity index is 0.839. The van der Waals surface area contributed by atoms with Gasteiger partial charge in [-0.05, 0) is 90.1 Å². The van der Waals surface area contributed by atoms with Gasteiger partial charge in [0.15, 0.2) is 5.60 Å². The van der Waals surface area contributed by atoms with Crippen LogP contribution in [0.2, 0.25) is 0 Å². The first-order valence-electron chi connectivity index (χ1n) is 21.7. The van der Waals surface area contributed by atoms with Crippen LogP contribution in [-0.2, 0) is 60.2 Å². The molecular formula is C49H48N6O9. The zero-order valence-corrected chi connectivity index (χ0v) is 36.0. The molecule has 4 amide bonds. The summed E-state index contributed by atoms with van der Waals surface area (Å²) in [6.45, 7) is 6.78. The lowest BCUT2D eigenvalue weighted by Gasteiger charge is -2.31. The van der Waals surface area contributed by atoms with Crippen molar-refractivity contribution in [3.63, 3.8) is 0 Å². The number of nitrogens with zero attached hydrogens (tertiary/aromatic N) is 3. The Hall–Kier alpha value is -7.00. The number of nitrogens with one attached hydrogen (secondary N) is 3. The molecule has 4 heterocycles. The number of aryl methyl sites for hydroxylation is 2. The number of fused-ring (bicyclic) bond motifs is 8. The lowest BCUT2D eigenvalue weighted by Crippen LogP contribution is -2.45. The topological polar surface area (TPSA) is 207 Å². The smallest absolute Gasteiger partial charge is 0.407 e. The van der Waals surface area contributed by atoms with Crippen LogP contribution in [-0.4, -0.2) is 69.3 Å². The number of alkyl carbamates (subject to hydrolysis) is 1. The number of carbonyl (C=O) groups is 5. The van der Waals surface area contributed by atoms with Gasteiger partial charge in [0.25, 0.3) is 17.4 Å². The lowest BCUT2D eigenvalue weighted by molar-refractivity contribution is -0.172. The van der Waals surface area contributed by atoms with Crippen molar-refractivity contribution in [2.45, 2.75) is 90.5 Å². The fourth-order valence-corrected chi connectivity index (χ4v) is 9.62. The van der Waals surface area contributed by atoms with Gasteiger partial charge in [-0.2, -0.15) is 0 Å². The molecule has 5 aromatic rings. The number of rotatable bonds is 11. The van der Waals surface area contributed by atoms with Crippen molar-refractivity contribution in [3.8, 4) is 22.5 Å². The van der Waals surface area contributed by atoms with E-state index in [4.69, 9.17) is 14.5 Å². The fourth-order valence-electron chi connectivity index (χ4n) is 9.62. The van der Waals surface area contributed by atoms with Crippen LogP contribution in [0.15, 0.2) is 76.5 Å². The van der Waals surface area contributed by atoms with Gasteiger partial charge in [0, 0.05) is 41.1 Å². The van der Waals surface area contributed by atoms with Crippen molar-refractivity contribution in [2.24, 2.45) is 10.9 Å². The second-order valence-electron chi connectivity index (χ2n) is 17.1. The minimum absolute atomic E-state index is 0.0193. The molecule has 0 unspecified atom stereocenters. The van der Waals surface area contributed by atoms with Crippen molar-refractivity contribution < 1.29 is 38.6 Å². The van der Waals surface area contributed by atoms with Gasteiger partial charge in [0.05, 0.1) is 29.0 Å². The molecule has 328 valence electrons. The Morgan fingerprint density at radius 1 is 0.969 bits per heavy atom. The summed E-state index contributed by atoms with van der Waals surface area (Å²) in [6.07, 6.45) is 1.42. The Kier molecular flexibility index (Phi) is 11.0. The predicted octanol–water partition coefficient (Wildman–Crippen LogP) is 5.56. The maximum Gasteiger partial charge on any atom is 0.407 e. The first-order valence-corrected chi connectivity index (χ1v) is 21.7. The van der Waals surface area contributed by atoms with Crippen molar-refractivity contribution in [1.82, 2.24) is 20.2 Å². The quantitative estimate of drug-likeness (QED) is 0.0942. The van der Waals surface area contributed by atoms with Gasteiger partial charge >= 0.3 is 12.1 Å². The molecule has 0 bridgehead atoms. The molecule has 0 fully saturated rings. The number of esters is 1. The minimum atomic E-state index is -1.93. The maximum atomic E-state index is 13.8. The monoisotopic (exact) mass is 864 g/mol. The number of anilines is 1. The molecule has 15 nitrogen and oxygen atoms in total. The third-order valence-electron chi connectivity index (χ3n) is 13.0. The fraction of sp³-hybridized carbons (Fsp3) is 0.347. The molecule has 4 N–H and O–H groups in total. The minimum Gasteiger partial charge on any atom is -0.458 e. The molecule has 64 heavy (non-hydrogen) atoms. The summed E-state index contributed by atoms with van der Waals surface area (Å²) in [5.74, 6) is -2.99. The van der Waals surface area contributed by atoms with E-state index in [0.29, 0.717) is 29.0 Å². The molecule has 3 aromatic carbocycles. The van der Waals surface area contributed by atoms with Gasteiger partial charge in [0.1, 0.15) is 25.0 Å². The van der Waals surface area contributed by atoms with Crippen molar-refractivity contribution in [1.29, 1.82) is 0 Å². The van der Waals surface area contributed by atoms with Gasteiger partial charge in [-0.1, -0.05) is 69.3 Å². The summed E-state index contributed by atoms with van der Waals surface area (Å²) in [5.41, 5.74) is 7.69. The molecule has 15 heteroatoms. The molecule has 2 aromatic heterocycles. The standard InChI is InChI=1S/C49H48N6O9/c1-5-49(62)36-21-39-43-33(22-55(39)46(59)35(36)24-63-47(49)60)31-15-10-16-32-37(17-18-38(52-43)41(31)32)53-44(57)26(4)51-45(58)42(25(2)3)54-40(56)19-20-50-48(61)64-23-34-29-13-8-6-11-27(29)28-12-7-9-14-30(28)34/h6-9,11-14,17-18,21,25,34,42,62H,5,10,15-16,19-20,22-24H2,1-4H3,(H,50,61)(H,53,57)(H,54,56)/t42-,49-/m0/s1. The van der Waals surface area contributed by atoms with E-state index in [1.165, 1.54) is 6.92 Å². The Morgan fingerprint density at radius 2 is 1.67 bits per heavy atom. The number of aliphatic hydroxyl groups is 1. The number of aliphatic imine (C=N–C) groups is 1. The van der Waals surface area contributed by atoms with E-state index in [2.05, 4.69) is 33.1 Å². The molecule has 2 aliphatic carbocycles. The number of aromatic nitrogens is 2. The SMILES string of the molecule is CC[C@@]1(O)C(=O)OCc2c1cc1n(c2=O)Cc2c-1nc1ccc(NC(=O)C(C)=NC(=O)[C@@H](NC(=O)CCNC(=O)OCC3c4ccccc4-c4ccccc43)C(C)C)c3c1c2CCC3. The second kappa shape index (κ2) is 16.6. The third kappa shape index (κ3) is 7.22. The molecule has 0 spiro atoms. The van der Waals surface area contributed by atoms with Crippen LogP contribution < -0.4 is 21.5 Å². The average Bonchev–Trinajstić information content (AvgIpc) is 3.82. The molecule has 4 aliphatic rings. The van der Waals surface area contributed by atoms with E-state index in [0.717, 1.165) is 57.2 Å². The first-order chi connectivity index (χ1) is 30.8. The molecule has 2 atom stereocenters. The Labute approximate surface area is 368 Å². The molecule has 0 radical (unpaired) electrons. The molecular weight excluding hydrogens is 817 g/mol. The number of hydrogen-bond acceptors (Lipinski definition) is 10. The Morgan fingerprint density at radius 3 is 2.38 bits per heavy atom. The van der Waals surface area contributed by atoms with E-state index in [-0.39, 0.29) is 73.4 Å². The molecule has 2 aliphatic heterocycles. The summed E-state index contributed by atoms with van der Waals surface area (Å²) in [7, 11) is 0. The summed E-state index contributed by atoms with van der Waals surface area (Å²) in [4.78, 5) is 88.2. The number of hydrogen-bond donors (Lipinski definition) is 4. The Bertz CT molecular complexity index is 2870. The lowest BCUT2D eigenvalue weighted by atomic mass is 9.85. The predicted molar refractivity (Wildman–Crippen MR) is 238 cm³/mol. The summed E-state index contributed by atoms with van der Waals surface area (Å²) in [6, 6.07) is 20.3. The van der Waals surface area contributed by atoms with Crippen LogP contribution in [0.4, 0.5) is 10.5 Å². The van der Waals surface area contributed by atoms with Crippen molar-refractivity contribution in [3.05, 3.63) is 116 Å². The van der Waals surface area contributed by atoms with E-state index < -0.39 is 41.4 Å². The number of benzene rings is 3. The van der Waals surface area contributed by atoms with E-state index >= 15 is 0 Å². The highest BCUT2D eigenvalue weighted by Crippen LogP contribution is 2.45. The number of amides is 4. The van der Waals surface area contributed by atoms with E-state index in [1.54, 1.807) is 43.5 Å². The number of cyclic esters (lactones) is 1.